The Bertz CT molecular complexity index is 780. The maximum absolute atomic E-state index is 13.2. The third-order valence-electron chi connectivity index (χ3n) is 5.38. The fourth-order valence-electron chi connectivity index (χ4n) is 4.11. The first-order valence-corrected chi connectivity index (χ1v) is 8.89. The summed E-state index contributed by atoms with van der Waals surface area (Å²) < 4.78 is 2.12. The van der Waals surface area contributed by atoms with Crippen molar-refractivity contribution in [2.24, 2.45) is 5.73 Å². The highest BCUT2D eigenvalue weighted by molar-refractivity contribution is 6.05. The second kappa shape index (κ2) is 6.06. The van der Waals surface area contributed by atoms with Gasteiger partial charge in [-0.05, 0) is 42.9 Å². The molecule has 3 heterocycles. The van der Waals surface area contributed by atoms with Crippen molar-refractivity contribution in [1.82, 2.24) is 9.55 Å². The zero-order valence-electron chi connectivity index (χ0n) is 14.2. The molecular weight excluding hydrogens is 300 g/mol. The van der Waals surface area contributed by atoms with Crippen LogP contribution in [0.5, 0.6) is 0 Å². The first-order valence-electron chi connectivity index (χ1n) is 8.89. The van der Waals surface area contributed by atoms with Gasteiger partial charge < -0.3 is 15.2 Å². The molecule has 1 aromatic carbocycles. The molecule has 2 aliphatic rings. The summed E-state index contributed by atoms with van der Waals surface area (Å²) >= 11 is 0. The summed E-state index contributed by atoms with van der Waals surface area (Å²) in [6.07, 6.45) is 6.00. The Hall–Kier alpha value is -2.14. The Kier molecular flexibility index (Phi) is 3.88. The average Bonchev–Trinajstić information content (AvgIpc) is 3.05. The second-order valence-electron chi connectivity index (χ2n) is 6.88. The van der Waals surface area contributed by atoms with Gasteiger partial charge in [-0.3, -0.25) is 4.79 Å². The minimum Gasteiger partial charge on any atom is -0.326 e. The molecule has 0 saturated carbocycles. The molecule has 1 aromatic heterocycles. The summed E-state index contributed by atoms with van der Waals surface area (Å²) in [5.74, 6) is 1.55. The first-order chi connectivity index (χ1) is 11.7. The van der Waals surface area contributed by atoms with E-state index in [2.05, 4.69) is 22.5 Å². The molecule has 1 atom stereocenters. The van der Waals surface area contributed by atoms with E-state index in [1.165, 1.54) is 5.56 Å². The van der Waals surface area contributed by atoms with Crippen LogP contribution in [-0.4, -0.2) is 22.0 Å². The van der Waals surface area contributed by atoms with E-state index in [0.29, 0.717) is 12.5 Å². The normalized spacial score (nSPS) is 19.8. The number of rotatable bonds is 2. The monoisotopic (exact) mass is 324 g/mol. The predicted molar refractivity (Wildman–Crippen MR) is 94.2 cm³/mol. The largest absolute Gasteiger partial charge is 0.326 e. The fourth-order valence-corrected chi connectivity index (χ4v) is 4.11. The molecule has 0 spiro atoms. The van der Waals surface area contributed by atoms with Crippen LogP contribution in [0.3, 0.4) is 0 Å². The highest BCUT2D eigenvalue weighted by Crippen LogP contribution is 2.32. The number of benzene rings is 1. The average molecular weight is 324 g/mol. The Labute approximate surface area is 142 Å². The molecule has 1 amide bonds. The molecular formula is C19H24N4O. The molecule has 2 aromatic rings. The molecule has 0 aliphatic carbocycles. The van der Waals surface area contributed by atoms with Crippen molar-refractivity contribution >= 4 is 11.6 Å². The lowest BCUT2D eigenvalue weighted by Crippen LogP contribution is -2.37. The van der Waals surface area contributed by atoms with E-state index in [4.69, 9.17) is 5.73 Å². The number of anilines is 1. The summed E-state index contributed by atoms with van der Waals surface area (Å²) in [6.45, 7) is 4.36. The molecule has 126 valence electrons. The molecule has 1 unspecified atom stereocenters. The number of fused-ring (bicyclic) bond motifs is 2. The van der Waals surface area contributed by atoms with Gasteiger partial charge in [0, 0.05) is 31.2 Å². The maximum Gasteiger partial charge on any atom is 0.276 e. The van der Waals surface area contributed by atoms with Crippen molar-refractivity contribution in [2.75, 3.05) is 11.4 Å². The molecule has 2 N–H and O–H groups in total. The Morgan fingerprint density at radius 3 is 3.04 bits per heavy atom. The number of carbonyl (C=O) groups excluding carboxylic acids is 1. The number of carbonyl (C=O) groups is 1. The Morgan fingerprint density at radius 1 is 1.33 bits per heavy atom. The molecule has 5 nitrogen and oxygen atoms in total. The van der Waals surface area contributed by atoms with Gasteiger partial charge in [0.1, 0.15) is 11.5 Å². The van der Waals surface area contributed by atoms with E-state index in [0.717, 1.165) is 61.5 Å². The molecule has 0 bridgehead atoms. The van der Waals surface area contributed by atoms with Crippen LogP contribution in [0.15, 0.2) is 24.4 Å². The lowest BCUT2D eigenvalue weighted by molar-refractivity contribution is 0.0974. The molecule has 4 rings (SSSR count). The van der Waals surface area contributed by atoms with Crippen molar-refractivity contribution in [2.45, 2.75) is 51.6 Å². The minimum atomic E-state index is 0.0676. The number of aromatic nitrogens is 2. The van der Waals surface area contributed by atoms with Crippen molar-refractivity contribution < 1.29 is 4.79 Å². The van der Waals surface area contributed by atoms with Crippen LogP contribution in [0.4, 0.5) is 5.69 Å². The summed E-state index contributed by atoms with van der Waals surface area (Å²) in [4.78, 5) is 19.7. The van der Waals surface area contributed by atoms with Crippen LogP contribution in [0, 0.1) is 0 Å². The van der Waals surface area contributed by atoms with Crippen LogP contribution in [0.1, 0.15) is 59.5 Å². The predicted octanol–water partition coefficient (Wildman–Crippen LogP) is 2.83. The van der Waals surface area contributed by atoms with Gasteiger partial charge in [0.15, 0.2) is 0 Å². The first kappa shape index (κ1) is 15.4. The van der Waals surface area contributed by atoms with E-state index in [9.17, 15) is 4.79 Å². The van der Waals surface area contributed by atoms with Crippen LogP contribution in [0.2, 0.25) is 0 Å². The van der Waals surface area contributed by atoms with Crippen LogP contribution >= 0.6 is 0 Å². The number of amides is 1. The second-order valence-corrected chi connectivity index (χ2v) is 6.88. The zero-order valence-corrected chi connectivity index (χ0v) is 14.2. The van der Waals surface area contributed by atoms with Crippen LogP contribution in [0.25, 0.3) is 0 Å². The zero-order chi connectivity index (χ0) is 16.7. The lowest BCUT2D eigenvalue weighted by Gasteiger charge is -2.31. The van der Waals surface area contributed by atoms with Crippen molar-refractivity contribution in [3.8, 4) is 0 Å². The Morgan fingerprint density at radius 2 is 2.21 bits per heavy atom. The van der Waals surface area contributed by atoms with Gasteiger partial charge in [-0.1, -0.05) is 19.1 Å². The van der Waals surface area contributed by atoms with E-state index in [-0.39, 0.29) is 5.91 Å². The van der Waals surface area contributed by atoms with Crippen molar-refractivity contribution in [1.29, 1.82) is 0 Å². The molecule has 0 fully saturated rings. The summed E-state index contributed by atoms with van der Waals surface area (Å²) in [5.41, 5.74) is 10.0. The number of nitrogens with zero attached hydrogens (tertiary/aromatic N) is 3. The standard InChI is InChI=1S/C19H24N4O/c1-13-5-3-9-22-17(12-21-18(13)22)19(24)23-10-4-7-15-14(11-20)6-2-8-16(15)23/h2,6,8,12-13H,3-5,7,9-11,20H2,1H3. The van der Waals surface area contributed by atoms with E-state index < -0.39 is 0 Å². The molecule has 24 heavy (non-hydrogen) atoms. The highest BCUT2D eigenvalue weighted by Gasteiger charge is 2.29. The number of hydrogen-bond acceptors (Lipinski definition) is 3. The van der Waals surface area contributed by atoms with Crippen molar-refractivity contribution in [3.05, 3.63) is 47.0 Å². The number of hydrogen-bond donors (Lipinski definition) is 1. The lowest BCUT2D eigenvalue weighted by atomic mass is 9.96. The van der Waals surface area contributed by atoms with Gasteiger partial charge >= 0.3 is 0 Å². The third-order valence-corrected chi connectivity index (χ3v) is 5.38. The molecule has 2 aliphatic heterocycles. The molecule has 5 heteroatoms. The smallest absolute Gasteiger partial charge is 0.276 e. The van der Waals surface area contributed by atoms with E-state index in [1.807, 2.05) is 17.0 Å². The topological polar surface area (TPSA) is 64.2 Å². The van der Waals surface area contributed by atoms with Gasteiger partial charge in [-0.15, -0.1) is 0 Å². The number of nitrogens with two attached hydrogens (primary N) is 1. The summed E-state index contributed by atoms with van der Waals surface area (Å²) in [6, 6.07) is 6.11. The van der Waals surface area contributed by atoms with Gasteiger partial charge in [0.05, 0.1) is 6.20 Å². The molecule has 0 radical (unpaired) electrons. The van der Waals surface area contributed by atoms with Gasteiger partial charge in [0.2, 0.25) is 0 Å². The number of imidazole rings is 1. The summed E-state index contributed by atoms with van der Waals surface area (Å²) in [5, 5.41) is 0. The summed E-state index contributed by atoms with van der Waals surface area (Å²) in [7, 11) is 0. The quantitative estimate of drug-likeness (QED) is 0.924. The fraction of sp³-hybridized carbons (Fsp3) is 0.474. The van der Waals surface area contributed by atoms with Gasteiger partial charge in [-0.2, -0.15) is 0 Å². The third kappa shape index (κ3) is 2.35. The van der Waals surface area contributed by atoms with Gasteiger partial charge in [-0.25, -0.2) is 4.98 Å². The van der Waals surface area contributed by atoms with Crippen molar-refractivity contribution in [3.63, 3.8) is 0 Å². The van der Waals surface area contributed by atoms with Crippen LogP contribution < -0.4 is 10.6 Å². The van der Waals surface area contributed by atoms with Crippen LogP contribution in [-0.2, 0) is 19.5 Å². The van der Waals surface area contributed by atoms with E-state index in [1.54, 1.807) is 6.20 Å². The minimum absolute atomic E-state index is 0.0676. The van der Waals surface area contributed by atoms with E-state index >= 15 is 0 Å². The SMILES string of the molecule is CC1CCCn2c(C(=O)N3CCCc4c(CN)cccc43)cnc21. The highest BCUT2D eigenvalue weighted by atomic mass is 16.2. The molecule has 0 saturated heterocycles. The Balaban J connectivity index is 1.73. The maximum atomic E-state index is 13.2. The van der Waals surface area contributed by atoms with Gasteiger partial charge in [0.25, 0.3) is 5.91 Å².